The summed E-state index contributed by atoms with van der Waals surface area (Å²) in [5.74, 6) is 1.39. The van der Waals surface area contributed by atoms with Crippen molar-refractivity contribution in [1.82, 2.24) is 0 Å². The molecule has 0 amide bonds. The molecule has 3 atom stereocenters. The van der Waals surface area contributed by atoms with Crippen LogP contribution in [0, 0.1) is 11.8 Å². The van der Waals surface area contributed by atoms with E-state index in [0.717, 1.165) is 45.3 Å². The number of hydrogen-bond donors (Lipinski definition) is 0. The van der Waals surface area contributed by atoms with Crippen molar-refractivity contribution in [2.24, 2.45) is 11.8 Å². The van der Waals surface area contributed by atoms with Gasteiger partial charge in [-0.05, 0) is 49.3 Å². The average Bonchev–Trinajstić information content (AvgIpc) is 2.26. The third kappa shape index (κ3) is 11.7. The smallest absolute Gasteiger partial charge is 0.302 e. The number of carbonyl (C=O) groups excluding carboxylic acids is 1. The molecular weight excluding hydrogens is 267 g/mol. The molecule has 0 radical (unpaired) electrons. The Kier molecular flexibility index (Phi) is 11.5. The van der Waals surface area contributed by atoms with E-state index in [2.05, 4.69) is 34.6 Å². The molecule has 3 unspecified atom stereocenters. The highest BCUT2D eigenvalue weighted by molar-refractivity contribution is 7.38. The summed E-state index contributed by atoms with van der Waals surface area (Å²) in [4.78, 5) is 11.2. The first-order valence-corrected chi connectivity index (χ1v) is 9.54. The lowest BCUT2D eigenvalue weighted by Gasteiger charge is -2.25. The van der Waals surface area contributed by atoms with E-state index in [1.807, 2.05) is 0 Å². The zero-order valence-electron chi connectivity index (χ0n) is 14.4. The van der Waals surface area contributed by atoms with E-state index in [1.165, 1.54) is 25.9 Å². The summed E-state index contributed by atoms with van der Waals surface area (Å²) in [5.41, 5.74) is 0.727. The molecule has 120 valence electrons. The van der Waals surface area contributed by atoms with Gasteiger partial charge in [-0.15, -0.1) is 8.58 Å². The molecule has 0 aromatic heterocycles. The number of ether oxygens (including phenoxy) is 1. The highest BCUT2D eigenvalue weighted by Gasteiger charge is 2.19. The van der Waals surface area contributed by atoms with E-state index in [-0.39, 0.29) is 12.1 Å². The fraction of sp³-hybridized carbons (Fsp3) is 0.941. The lowest BCUT2D eigenvalue weighted by molar-refractivity contribution is -0.146. The Morgan fingerprint density at radius 3 is 2.15 bits per heavy atom. The SMILES string of the molecule is CCCC(CC(CC(C)C)PCCC(C)C)OC(C)=O. The van der Waals surface area contributed by atoms with Crippen LogP contribution < -0.4 is 0 Å². The molecule has 0 fully saturated rings. The number of carbonyl (C=O) groups is 1. The van der Waals surface area contributed by atoms with Crippen molar-refractivity contribution in [3.63, 3.8) is 0 Å². The third-order valence-electron chi connectivity index (χ3n) is 3.40. The van der Waals surface area contributed by atoms with Crippen molar-refractivity contribution < 1.29 is 9.53 Å². The van der Waals surface area contributed by atoms with E-state index >= 15 is 0 Å². The van der Waals surface area contributed by atoms with Gasteiger partial charge in [0.05, 0.1) is 0 Å². The van der Waals surface area contributed by atoms with Gasteiger partial charge in [-0.25, -0.2) is 0 Å². The molecule has 0 aliphatic carbocycles. The fourth-order valence-electron chi connectivity index (χ4n) is 2.51. The van der Waals surface area contributed by atoms with Crippen molar-refractivity contribution in [3.05, 3.63) is 0 Å². The van der Waals surface area contributed by atoms with Gasteiger partial charge in [-0.2, -0.15) is 0 Å². The van der Waals surface area contributed by atoms with Crippen LogP contribution in [-0.4, -0.2) is 23.9 Å². The Morgan fingerprint density at radius 2 is 1.70 bits per heavy atom. The van der Waals surface area contributed by atoms with Crippen molar-refractivity contribution in [1.29, 1.82) is 0 Å². The van der Waals surface area contributed by atoms with Gasteiger partial charge in [0, 0.05) is 6.92 Å². The standard InChI is InChI=1S/C17H35O2P/c1-7-8-16(19-15(6)18)12-17(11-14(4)5)20-10-9-13(2)3/h13-14,16-17,20H,7-12H2,1-6H3. The quantitative estimate of drug-likeness (QED) is 0.385. The van der Waals surface area contributed by atoms with Crippen molar-refractivity contribution in [2.75, 3.05) is 6.16 Å². The predicted octanol–water partition coefficient (Wildman–Crippen LogP) is 5.25. The minimum Gasteiger partial charge on any atom is -0.463 e. The Labute approximate surface area is 128 Å². The van der Waals surface area contributed by atoms with Crippen LogP contribution in [0.25, 0.3) is 0 Å². The zero-order valence-corrected chi connectivity index (χ0v) is 15.4. The van der Waals surface area contributed by atoms with Crippen LogP contribution in [0.3, 0.4) is 0 Å². The van der Waals surface area contributed by atoms with E-state index in [1.54, 1.807) is 0 Å². The summed E-state index contributed by atoms with van der Waals surface area (Å²) in [6.07, 6.45) is 7.19. The fourth-order valence-corrected chi connectivity index (χ4v) is 4.73. The summed E-state index contributed by atoms with van der Waals surface area (Å²) < 4.78 is 5.50. The zero-order chi connectivity index (χ0) is 15.5. The van der Waals surface area contributed by atoms with Gasteiger partial charge >= 0.3 is 5.97 Å². The van der Waals surface area contributed by atoms with Gasteiger partial charge in [0.2, 0.25) is 0 Å². The molecule has 0 rings (SSSR count). The lowest BCUT2D eigenvalue weighted by Crippen LogP contribution is -2.22. The van der Waals surface area contributed by atoms with Crippen LogP contribution in [0.1, 0.15) is 73.6 Å². The van der Waals surface area contributed by atoms with Gasteiger partial charge in [0.1, 0.15) is 6.10 Å². The molecule has 0 heterocycles. The first kappa shape index (κ1) is 19.9. The summed E-state index contributed by atoms with van der Waals surface area (Å²) >= 11 is 0. The Morgan fingerprint density at radius 1 is 1.05 bits per heavy atom. The van der Waals surface area contributed by atoms with Crippen molar-refractivity contribution in [2.45, 2.75) is 85.4 Å². The maximum absolute atomic E-state index is 11.2. The van der Waals surface area contributed by atoms with Crippen LogP contribution in [0.5, 0.6) is 0 Å². The van der Waals surface area contributed by atoms with Gasteiger partial charge in [-0.3, -0.25) is 4.79 Å². The monoisotopic (exact) mass is 302 g/mol. The minimum atomic E-state index is -0.128. The summed E-state index contributed by atoms with van der Waals surface area (Å²) in [6, 6.07) is 0. The molecule has 0 saturated heterocycles. The molecule has 0 saturated carbocycles. The summed E-state index contributed by atoms with van der Waals surface area (Å²) in [7, 11) is 1.01. The normalized spacial score (nSPS) is 15.2. The number of rotatable bonds is 11. The first-order chi connectivity index (χ1) is 9.35. The van der Waals surface area contributed by atoms with Crippen LogP contribution >= 0.6 is 8.58 Å². The molecule has 0 aromatic carbocycles. The molecule has 2 nitrogen and oxygen atoms in total. The van der Waals surface area contributed by atoms with Gasteiger partial charge in [0.15, 0.2) is 0 Å². The van der Waals surface area contributed by atoms with Crippen LogP contribution in [-0.2, 0) is 9.53 Å². The highest BCUT2D eigenvalue weighted by Crippen LogP contribution is 2.32. The third-order valence-corrected chi connectivity index (χ3v) is 5.03. The second-order valence-corrected chi connectivity index (χ2v) is 8.44. The topological polar surface area (TPSA) is 26.3 Å². The summed E-state index contributed by atoms with van der Waals surface area (Å²) in [5, 5.41) is 0. The molecule has 0 bridgehead atoms. The number of esters is 1. The lowest BCUT2D eigenvalue weighted by atomic mass is 10.0. The van der Waals surface area contributed by atoms with Crippen LogP contribution in [0.4, 0.5) is 0 Å². The van der Waals surface area contributed by atoms with Gasteiger partial charge < -0.3 is 4.74 Å². The highest BCUT2D eigenvalue weighted by atomic mass is 31.1. The first-order valence-electron chi connectivity index (χ1n) is 8.25. The number of hydrogen-bond acceptors (Lipinski definition) is 2. The molecule has 20 heavy (non-hydrogen) atoms. The summed E-state index contributed by atoms with van der Waals surface area (Å²) in [6.45, 7) is 12.9. The molecule has 0 N–H and O–H groups in total. The van der Waals surface area contributed by atoms with E-state index in [0.29, 0.717) is 0 Å². The van der Waals surface area contributed by atoms with Crippen LogP contribution in [0.15, 0.2) is 0 Å². The van der Waals surface area contributed by atoms with Crippen molar-refractivity contribution in [3.8, 4) is 0 Å². The maximum atomic E-state index is 11.2. The average molecular weight is 302 g/mol. The molecular formula is C17H35O2P. The molecule has 0 aliphatic rings. The molecule has 0 aliphatic heterocycles. The van der Waals surface area contributed by atoms with E-state index < -0.39 is 0 Å². The molecule has 0 aromatic rings. The molecule has 0 spiro atoms. The Balaban J connectivity index is 4.37. The second-order valence-electron chi connectivity index (χ2n) is 6.72. The largest absolute Gasteiger partial charge is 0.463 e. The van der Waals surface area contributed by atoms with Crippen LogP contribution in [0.2, 0.25) is 0 Å². The second kappa shape index (κ2) is 11.5. The Bertz CT molecular complexity index is 251. The molecule has 3 heteroatoms. The van der Waals surface area contributed by atoms with Crippen molar-refractivity contribution >= 4 is 14.6 Å². The Hall–Kier alpha value is -0.100. The van der Waals surface area contributed by atoms with E-state index in [4.69, 9.17) is 4.74 Å². The minimum absolute atomic E-state index is 0.128. The van der Waals surface area contributed by atoms with E-state index in [9.17, 15) is 4.79 Å². The predicted molar refractivity (Wildman–Crippen MR) is 91.0 cm³/mol. The van der Waals surface area contributed by atoms with Gasteiger partial charge in [0.25, 0.3) is 0 Å². The maximum Gasteiger partial charge on any atom is 0.302 e. The van der Waals surface area contributed by atoms with Gasteiger partial charge in [-0.1, -0.05) is 41.0 Å².